The molecule has 17 heavy (non-hydrogen) atoms. The third kappa shape index (κ3) is 1.47. The first-order valence-corrected chi connectivity index (χ1v) is 5.17. The lowest BCUT2D eigenvalue weighted by atomic mass is 10.2. The minimum absolute atomic E-state index is 0.570. The van der Waals surface area contributed by atoms with Crippen molar-refractivity contribution < 1.29 is 0 Å². The molecule has 2 heterocycles. The van der Waals surface area contributed by atoms with E-state index in [-0.39, 0.29) is 0 Å². The monoisotopic (exact) mass is 223 g/mol. The highest BCUT2D eigenvalue weighted by atomic mass is 15.3. The van der Waals surface area contributed by atoms with Gasteiger partial charge in [-0.2, -0.15) is 10.4 Å². The fraction of sp³-hybridized carbons (Fsp3) is 0.0833. The van der Waals surface area contributed by atoms with Crippen LogP contribution in [0.2, 0.25) is 0 Å². The van der Waals surface area contributed by atoms with Crippen molar-refractivity contribution in [1.82, 2.24) is 19.7 Å². The number of nitrogens with zero attached hydrogens (tertiary/aromatic N) is 4. The van der Waals surface area contributed by atoms with E-state index in [1.807, 2.05) is 31.4 Å². The van der Waals surface area contributed by atoms with Gasteiger partial charge in [-0.15, -0.1) is 0 Å². The summed E-state index contributed by atoms with van der Waals surface area (Å²) in [5.74, 6) is 0.684. The van der Waals surface area contributed by atoms with Gasteiger partial charge in [0.2, 0.25) is 0 Å². The minimum atomic E-state index is 0.570. The molecular formula is C12H9N5. The number of benzene rings is 1. The molecule has 2 aromatic heterocycles. The van der Waals surface area contributed by atoms with Crippen LogP contribution in [-0.2, 0) is 7.05 Å². The van der Waals surface area contributed by atoms with Crippen molar-refractivity contribution in [2.45, 2.75) is 0 Å². The number of hydrogen-bond donors (Lipinski definition) is 1. The van der Waals surface area contributed by atoms with E-state index in [4.69, 9.17) is 5.26 Å². The van der Waals surface area contributed by atoms with Gasteiger partial charge in [-0.25, -0.2) is 4.98 Å². The van der Waals surface area contributed by atoms with Crippen molar-refractivity contribution >= 4 is 11.0 Å². The quantitative estimate of drug-likeness (QED) is 0.684. The summed E-state index contributed by atoms with van der Waals surface area (Å²) in [4.78, 5) is 7.58. The van der Waals surface area contributed by atoms with Gasteiger partial charge in [0.25, 0.3) is 0 Å². The molecule has 0 amide bonds. The summed E-state index contributed by atoms with van der Waals surface area (Å²) in [7, 11) is 1.85. The third-order valence-corrected chi connectivity index (χ3v) is 2.59. The zero-order chi connectivity index (χ0) is 11.8. The van der Waals surface area contributed by atoms with Crippen LogP contribution in [0.25, 0.3) is 22.6 Å². The summed E-state index contributed by atoms with van der Waals surface area (Å²) in [5, 5.41) is 13.3. The average Bonchev–Trinajstić information content (AvgIpc) is 2.93. The smallest absolute Gasteiger partial charge is 0.159 e. The van der Waals surface area contributed by atoms with Crippen molar-refractivity contribution in [3.63, 3.8) is 0 Å². The maximum atomic E-state index is 9.00. The summed E-state index contributed by atoms with van der Waals surface area (Å²) < 4.78 is 1.72. The van der Waals surface area contributed by atoms with Crippen LogP contribution in [-0.4, -0.2) is 19.7 Å². The Balaban J connectivity index is 2.24. The molecule has 3 aromatic rings. The average molecular weight is 223 g/mol. The molecule has 0 spiro atoms. The van der Waals surface area contributed by atoms with Gasteiger partial charge in [-0.1, -0.05) is 6.07 Å². The number of H-pyrrole nitrogens is 1. The van der Waals surface area contributed by atoms with Crippen LogP contribution in [0.15, 0.2) is 30.5 Å². The van der Waals surface area contributed by atoms with E-state index >= 15 is 0 Å². The maximum absolute atomic E-state index is 9.00. The van der Waals surface area contributed by atoms with Crippen molar-refractivity contribution in [2.24, 2.45) is 7.05 Å². The molecule has 0 aliphatic rings. The molecule has 0 fully saturated rings. The van der Waals surface area contributed by atoms with Crippen molar-refractivity contribution in [3.8, 4) is 17.6 Å². The Morgan fingerprint density at radius 3 is 2.94 bits per heavy atom. The Bertz CT molecular complexity index is 729. The molecule has 1 aromatic carbocycles. The molecule has 0 atom stereocenters. The number of imidazole rings is 1. The molecule has 82 valence electrons. The van der Waals surface area contributed by atoms with Gasteiger partial charge < -0.3 is 4.98 Å². The summed E-state index contributed by atoms with van der Waals surface area (Å²) in [6.45, 7) is 0. The van der Waals surface area contributed by atoms with Crippen LogP contribution < -0.4 is 0 Å². The third-order valence-electron chi connectivity index (χ3n) is 2.59. The molecule has 3 rings (SSSR count). The molecule has 0 bridgehead atoms. The van der Waals surface area contributed by atoms with Gasteiger partial charge in [0.1, 0.15) is 17.3 Å². The number of nitrogens with one attached hydrogen (secondary N) is 1. The van der Waals surface area contributed by atoms with Crippen LogP contribution >= 0.6 is 0 Å². The first-order valence-electron chi connectivity index (χ1n) is 5.17. The summed E-state index contributed by atoms with van der Waals surface area (Å²) in [5.41, 5.74) is 2.88. The first-order chi connectivity index (χ1) is 8.28. The maximum Gasteiger partial charge on any atom is 0.159 e. The fourth-order valence-electron chi connectivity index (χ4n) is 1.79. The predicted molar refractivity (Wildman–Crippen MR) is 63.0 cm³/mol. The van der Waals surface area contributed by atoms with Gasteiger partial charge in [0.05, 0.1) is 11.1 Å². The summed E-state index contributed by atoms with van der Waals surface area (Å²) >= 11 is 0. The lowest BCUT2D eigenvalue weighted by molar-refractivity contribution is 0.769. The Morgan fingerprint density at radius 1 is 1.35 bits per heavy atom. The van der Waals surface area contributed by atoms with E-state index < -0.39 is 0 Å². The van der Waals surface area contributed by atoms with Gasteiger partial charge in [-0.3, -0.25) is 4.68 Å². The zero-order valence-electron chi connectivity index (χ0n) is 9.18. The van der Waals surface area contributed by atoms with E-state index in [2.05, 4.69) is 21.1 Å². The second kappa shape index (κ2) is 3.46. The standard InChI is InChI=1S/C12H9N5/c1-17-6-5-10(16-17)12-14-9-4-2-3-8(7-13)11(9)15-12/h2-6H,1H3,(H,14,15). The van der Waals surface area contributed by atoms with Crippen LogP contribution in [0.5, 0.6) is 0 Å². The molecule has 0 saturated heterocycles. The number of rotatable bonds is 1. The number of hydrogen-bond acceptors (Lipinski definition) is 3. The lowest BCUT2D eigenvalue weighted by Crippen LogP contribution is -1.88. The van der Waals surface area contributed by atoms with Crippen LogP contribution in [0.4, 0.5) is 0 Å². The molecule has 0 unspecified atom stereocenters. The first kappa shape index (κ1) is 9.60. The molecule has 0 saturated carbocycles. The number of aryl methyl sites for hydroxylation is 1. The Morgan fingerprint density at radius 2 is 2.24 bits per heavy atom. The predicted octanol–water partition coefficient (Wildman–Crippen LogP) is 1.84. The highest BCUT2D eigenvalue weighted by Crippen LogP contribution is 2.20. The number of nitriles is 1. The number of para-hydroxylation sites is 1. The van der Waals surface area contributed by atoms with E-state index in [0.717, 1.165) is 11.2 Å². The van der Waals surface area contributed by atoms with E-state index in [1.165, 1.54) is 0 Å². The lowest BCUT2D eigenvalue weighted by Gasteiger charge is -1.88. The Labute approximate surface area is 97.3 Å². The second-order valence-corrected chi connectivity index (χ2v) is 3.77. The molecular weight excluding hydrogens is 214 g/mol. The molecule has 5 nitrogen and oxygen atoms in total. The van der Waals surface area contributed by atoms with Crippen LogP contribution in [0.1, 0.15) is 5.56 Å². The molecule has 0 radical (unpaired) electrons. The number of fused-ring (bicyclic) bond motifs is 1. The number of aromatic amines is 1. The van der Waals surface area contributed by atoms with Crippen molar-refractivity contribution in [3.05, 3.63) is 36.0 Å². The summed E-state index contributed by atoms with van der Waals surface area (Å²) in [6.07, 6.45) is 1.85. The van der Waals surface area contributed by atoms with Gasteiger partial charge in [-0.05, 0) is 18.2 Å². The highest BCUT2D eigenvalue weighted by Gasteiger charge is 2.09. The van der Waals surface area contributed by atoms with E-state index in [9.17, 15) is 0 Å². The van der Waals surface area contributed by atoms with E-state index in [0.29, 0.717) is 16.9 Å². The Hall–Kier alpha value is -2.61. The van der Waals surface area contributed by atoms with Gasteiger partial charge >= 0.3 is 0 Å². The topological polar surface area (TPSA) is 70.3 Å². The van der Waals surface area contributed by atoms with Crippen molar-refractivity contribution in [2.75, 3.05) is 0 Å². The Kier molecular flexibility index (Phi) is 1.95. The SMILES string of the molecule is Cn1ccc(-c2nc3c(C#N)cccc3[nH]2)n1. The van der Waals surface area contributed by atoms with E-state index in [1.54, 1.807) is 10.7 Å². The largest absolute Gasteiger partial charge is 0.337 e. The van der Waals surface area contributed by atoms with Gasteiger partial charge in [0.15, 0.2) is 5.82 Å². The van der Waals surface area contributed by atoms with Gasteiger partial charge in [0, 0.05) is 13.2 Å². The minimum Gasteiger partial charge on any atom is -0.337 e. The normalized spacial score (nSPS) is 10.6. The van der Waals surface area contributed by atoms with Crippen molar-refractivity contribution in [1.29, 1.82) is 5.26 Å². The molecule has 0 aliphatic carbocycles. The summed E-state index contributed by atoms with van der Waals surface area (Å²) in [6, 6.07) is 9.50. The van der Waals surface area contributed by atoms with Crippen LogP contribution in [0.3, 0.4) is 0 Å². The molecule has 5 heteroatoms. The van der Waals surface area contributed by atoms with Crippen LogP contribution in [0, 0.1) is 11.3 Å². The second-order valence-electron chi connectivity index (χ2n) is 3.77. The molecule has 0 aliphatic heterocycles. The molecule has 1 N–H and O–H groups in total. The fourth-order valence-corrected chi connectivity index (χ4v) is 1.79. The highest BCUT2D eigenvalue weighted by molar-refractivity contribution is 5.84. The zero-order valence-corrected chi connectivity index (χ0v) is 9.18. The number of aromatic nitrogens is 4.